The van der Waals surface area contributed by atoms with Crippen LogP contribution in [0.3, 0.4) is 0 Å². The Kier molecular flexibility index (Phi) is 9.25. The fourth-order valence-electron chi connectivity index (χ4n) is 4.25. The predicted molar refractivity (Wildman–Crippen MR) is 123 cm³/mol. The van der Waals surface area contributed by atoms with E-state index in [1.54, 1.807) is 7.11 Å². The third-order valence-corrected chi connectivity index (χ3v) is 5.87. The van der Waals surface area contributed by atoms with E-state index >= 15 is 0 Å². The molecule has 3 nitrogen and oxygen atoms in total. The Morgan fingerprint density at radius 3 is 2.06 bits per heavy atom. The monoisotopic (exact) mass is 465 g/mol. The molecule has 2 aromatic carbocycles. The molecule has 2 aromatic rings. The van der Waals surface area contributed by atoms with Crippen molar-refractivity contribution in [2.75, 3.05) is 7.11 Å². The van der Waals surface area contributed by atoms with Gasteiger partial charge in [0.25, 0.3) is 0 Å². The maximum atomic E-state index is 13.1. The van der Waals surface area contributed by atoms with E-state index < -0.39 is 0 Å². The summed E-state index contributed by atoms with van der Waals surface area (Å²) in [7, 11) is 1.66. The topological polar surface area (TPSA) is 29.5 Å². The Labute approximate surface area is 204 Å². The zero-order valence-electron chi connectivity index (χ0n) is 18.2. The molecule has 5 rings (SSSR count). The summed E-state index contributed by atoms with van der Waals surface area (Å²) < 4.78 is 5.35. The Morgan fingerprint density at radius 1 is 0.844 bits per heavy atom. The number of nitrogens with zero attached hydrogens (tertiary/aromatic N) is 1. The van der Waals surface area contributed by atoms with Gasteiger partial charge in [-0.2, -0.15) is 0 Å². The fraction of sp³-hybridized carbons (Fsp3) is 0.179. The molecule has 3 aliphatic rings. The first kappa shape index (κ1) is 24.9. The summed E-state index contributed by atoms with van der Waals surface area (Å²) in [5, 5.41) is 0. The van der Waals surface area contributed by atoms with Crippen LogP contribution in [0.4, 0.5) is 0 Å². The molecule has 2 aliphatic carbocycles. The van der Waals surface area contributed by atoms with Crippen LogP contribution >= 0.6 is 0 Å². The fourth-order valence-corrected chi connectivity index (χ4v) is 4.25. The van der Waals surface area contributed by atoms with E-state index in [1.165, 1.54) is 5.56 Å². The summed E-state index contributed by atoms with van der Waals surface area (Å²) >= 11 is 0. The van der Waals surface area contributed by atoms with Gasteiger partial charge in [0.15, 0.2) is 0 Å². The number of hydrogen-bond acceptors (Lipinski definition) is 2. The van der Waals surface area contributed by atoms with Crippen molar-refractivity contribution < 1.29 is 26.6 Å². The Bertz CT molecular complexity index is 838. The standard InChI is InChI=1S/C23H22NO2.C5H5.Fe/c1-16(19-13-8-14-20(15-19)26-2)24-22(18-11-4-3-5-12-18)21(23(24)25)17-9-6-7-10-17;1-2-4-5-3-1;/h3-16,21-22H,1-2H3;1-5H;/t16-,21+,22-;;/m0../s1. The summed E-state index contributed by atoms with van der Waals surface area (Å²) in [5.41, 5.74) is 2.26. The number of amides is 1. The van der Waals surface area contributed by atoms with Crippen LogP contribution in [-0.4, -0.2) is 17.9 Å². The Hall–Kier alpha value is -1.77. The Morgan fingerprint density at radius 2 is 1.47 bits per heavy atom. The van der Waals surface area contributed by atoms with E-state index in [1.807, 2.05) is 99.1 Å². The van der Waals surface area contributed by atoms with Crippen molar-refractivity contribution in [1.82, 2.24) is 4.90 Å². The summed E-state index contributed by atoms with van der Waals surface area (Å²) in [6.45, 7) is 2.09. The molecule has 164 valence electrons. The molecule has 1 aliphatic heterocycles. The van der Waals surface area contributed by atoms with Crippen LogP contribution in [0, 0.1) is 69.6 Å². The molecule has 10 radical (unpaired) electrons. The van der Waals surface area contributed by atoms with Crippen LogP contribution in [0.25, 0.3) is 0 Å². The average molecular weight is 465 g/mol. The van der Waals surface area contributed by atoms with Crippen LogP contribution in [0.2, 0.25) is 0 Å². The van der Waals surface area contributed by atoms with Gasteiger partial charge in [-0.05, 0) is 93.9 Å². The zero-order chi connectivity index (χ0) is 21.6. The van der Waals surface area contributed by atoms with Gasteiger partial charge in [-0.25, -0.2) is 0 Å². The second-order valence-corrected chi connectivity index (χ2v) is 7.71. The van der Waals surface area contributed by atoms with Gasteiger partial charge in [0.1, 0.15) is 5.75 Å². The van der Waals surface area contributed by atoms with Gasteiger partial charge in [0, 0.05) is 17.1 Å². The summed E-state index contributed by atoms with van der Waals surface area (Å²) in [4.78, 5) is 15.1. The molecule has 1 heterocycles. The maximum Gasteiger partial charge on any atom is 0.229 e. The molecule has 4 heteroatoms. The molecular formula is C28H27FeNO2. The summed E-state index contributed by atoms with van der Waals surface area (Å²) in [6, 6.07) is 18.3. The van der Waals surface area contributed by atoms with Crippen molar-refractivity contribution in [1.29, 1.82) is 0 Å². The average Bonchev–Trinajstić information content (AvgIpc) is 3.55. The van der Waals surface area contributed by atoms with Gasteiger partial charge in [0.05, 0.1) is 25.1 Å². The summed E-state index contributed by atoms with van der Waals surface area (Å²) in [5.74, 6) is 1.98. The van der Waals surface area contributed by atoms with Gasteiger partial charge in [-0.1, -0.05) is 42.5 Å². The van der Waals surface area contributed by atoms with Crippen LogP contribution < -0.4 is 4.74 Å². The molecule has 0 spiro atoms. The molecule has 32 heavy (non-hydrogen) atoms. The number of benzene rings is 2. The molecule has 0 aromatic heterocycles. The quantitative estimate of drug-likeness (QED) is 0.439. The van der Waals surface area contributed by atoms with Gasteiger partial charge in [-0.3, -0.25) is 4.79 Å². The van der Waals surface area contributed by atoms with E-state index in [9.17, 15) is 4.79 Å². The second kappa shape index (κ2) is 11.9. The first-order valence-electron chi connectivity index (χ1n) is 10.6. The van der Waals surface area contributed by atoms with Crippen LogP contribution in [0.1, 0.15) is 30.1 Å². The van der Waals surface area contributed by atoms with E-state index in [2.05, 4.69) is 25.1 Å². The molecule has 0 bridgehead atoms. The van der Waals surface area contributed by atoms with E-state index in [4.69, 9.17) is 4.74 Å². The first-order valence-corrected chi connectivity index (χ1v) is 10.6. The van der Waals surface area contributed by atoms with Crippen molar-refractivity contribution >= 4 is 5.91 Å². The Balaban J connectivity index is 0.000000427. The number of methoxy groups -OCH3 is 1. The molecule has 3 fully saturated rings. The van der Waals surface area contributed by atoms with Crippen LogP contribution in [-0.2, 0) is 21.9 Å². The smallest absolute Gasteiger partial charge is 0.229 e. The number of likely N-dealkylation sites (tertiary alicyclic amines) is 1. The molecule has 0 unspecified atom stereocenters. The molecular weight excluding hydrogens is 438 g/mol. The number of carbonyl (C=O) groups is 1. The minimum Gasteiger partial charge on any atom is -0.497 e. The van der Waals surface area contributed by atoms with Crippen molar-refractivity contribution in [3.05, 3.63) is 129 Å². The van der Waals surface area contributed by atoms with E-state index in [0.717, 1.165) is 17.2 Å². The number of β-lactam (4-membered cyclic amide) rings is 1. The second-order valence-electron chi connectivity index (χ2n) is 7.71. The summed E-state index contributed by atoms with van der Waals surface area (Å²) in [6.07, 6.45) is 18.1. The third-order valence-electron chi connectivity index (χ3n) is 5.87. The van der Waals surface area contributed by atoms with Gasteiger partial charge in [-0.15, -0.1) is 0 Å². The molecule has 1 amide bonds. The number of carbonyl (C=O) groups excluding carboxylic acids is 1. The van der Waals surface area contributed by atoms with Crippen molar-refractivity contribution in [2.45, 2.75) is 19.0 Å². The van der Waals surface area contributed by atoms with Crippen LogP contribution in [0.15, 0.2) is 54.6 Å². The minimum absolute atomic E-state index is 0. The van der Waals surface area contributed by atoms with E-state index in [0.29, 0.717) is 0 Å². The minimum atomic E-state index is -0.111. The molecule has 0 N–H and O–H groups in total. The third kappa shape index (κ3) is 5.40. The van der Waals surface area contributed by atoms with Gasteiger partial charge in [0.2, 0.25) is 5.91 Å². The maximum absolute atomic E-state index is 13.1. The van der Waals surface area contributed by atoms with Crippen LogP contribution in [0.5, 0.6) is 5.75 Å². The number of hydrogen-bond donors (Lipinski definition) is 0. The number of rotatable bonds is 5. The molecule has 2 saturated carbocycles. The predicted octanol–water partition coefficient (Wildman–Crippen LogP) is 5.38. The van der Waals surface area contributed by atoms with Gasteiger partial charge < -0.3 is 9.64 Å². The SMILES string of the molecule is COc1cccc([C@H](C)N2C(=O)[C@H]([C]3[CH][CH][CH][CH]3)[C@@H]2c2ccccc2)c1.[CH]1[CH][CH][CH][CH]1.[Fe]. The van der Waals surface area contributed by atoms with Crippen molar-refractivity contribution in [2.24, 2.45) is 5.92 Å². The molecule has 1 saturated heterocycles. The number of ether oxygens (including phenoxy) is 1. The van der Waals surface area contributed by atoms with Gasteiger partial charge >= 0.3 is 0 Å². The zero-order valence-corrected chi connectivity index (χ0v) is 19.3. The van der Waals surface area contributed by atoms with Crippen molar-refractivity contribution in [3.8, 4) is 5.75 Å². The largest absolute Gasteiger partial charge is 0.497 e. The van der Waals surface area contributed by atoms with E-state index in [-0.39, 0.29) is 41.0 Å². The first-order chi connectivity index (χ1) is 15.2. The normalized spacial score (nSPS) is 23.6. The van der Waals surface area contributed by atoms with Crippen molar-refractivity contribution in [3.63, 3.8) is 0 Å². The molecule has 3 atom stereocenters.